The molecule has 0 fully saturated rings. The maximum absolute atomic E-state index is 5.48. The number of aromatic nitrogens is 3. The number of aryl methyl sites for hydroxylation is 1. The van der Waals surface area contributed by atoms with Gasteiger partial charge in [0.1, 0.15) is 23.1 Å². The molecule has 0 aliphatic carbocycles. The van der Waals surface area contributed by atoms with Gasteiger partial charge in [-0.15, -0.1) is 10.2 Å². The number of methoxy groups -OCH3 is 3. The highest BCUT2D eigenvalue weighted by molar-refractivity contribution is 5.89. The third-order valence-corrected chi connectivity index (χ3v) is 5.33. The van der Waals surface area contributed by atoms with Gasteiger partial charge in [0.15, 0.2) is 5.82 Å². The maximum Gasteiger partial charge on any atom is 0.163 e. The standard InChI is InChI=1S/C23H26N4O3/c1-28-18-13-20(29-2)19(21(14-18)30-3)15-24-17-10-8-16(9-11-17)23-26-25-22-7-5-4-6-12-27(22)23/h8-11,13-15H,4-7,12H2,1-3H3. The summed E-state index contributed by atoms with van der Waals surface area (Å²) >= 11 is 0. The van der Waals surface area contributed by atoms with Crippen LogP contribution in [0.15, 0.2) is 41.4 Å². The third-order valence-electron chi connectivity index (χ3n) is 5.33. The third kappa shape index (κ3) is 4.01. The van der Waals surface area contributed by atoms with Crippen LogP contribution in [0.5, 0.6) is 17.2 Å². The summed E-state index contributed by atoms with van der Waals surface area (Å²) in [5, 5.41) is 8.81. The fourth-order valence-corrected chi connectivity index (χ4v) is 3.69. The zero-order chi connectivity index (χ0) is 20.9. The average Bonchev–Trinajstić information content (AvgIpc) is 3.05. The van der Waals surface area contributed by atoms with Crippen molar-refractivity contribution in [2.45, 2.75) is 32.2 Å². The second kappa shape index (κ2) is 8.98. The molecule has 0 unspecified atom stereocenters. The molecule has 0 spiro atoms. The van der Waals surface area contributed by atoms with Crippen LogP contribution in [0.4, 0.5) is 5.69 Å². The summed E-state index contributed by atoms with van der Waals surface area (Å²) in [5.74, 6) is 3.96. The highest BCUT2D eigenvalue weighted by Gasteiger charge is 2.16. The van der Waals surface area contributed by atoms with E-state index in [2.05, 4.69) is 19.8 Å². The number of rotatable bonds is 6. The Morgan fingerprint density at radius 3 is 2.30 bits per heavy atom. The summed E-state index contributed by atoms with van der Waals surface area (Å²) in [4.78, 5) is 4.61. The quantitative estimate of drug-likeness (QED) is 0.566. The Bertz CT molecular complexity index is 1020. The van der Waals surface area contributed by atoms with Gasteiger partial charge in [0.05, 0.1) is 32.6 Å². The maximum atomic E-state index is 5.48. The van der Waals surface area contributed by atoms with Gasteiger partial charge in [-0.3, -0.25) is 4.99 Å². The van der Waals surface area contributed by atoms with E-state index in [0.29, 0.717) is 17.2 Å². The second-order valence-electron chi connectivity index (χ2n) is 7.15. The van der Waals surface area contributed by atoms with Crippen LogP contribution in [0.25, 0.3) is 11.4 Å². The van der Waals surface area contributed by atoms with Crippen LogP contribution in [-0.4, -0.2) is 42.3 Å². The van der Waals surface area contributed by atoms with Gasteiger partial charge in [-0.05, 0) is 37.1 Å². The minimum Gasteiger partial charge on any atom is -0.496 e. The fraction of sp³-hybridized carbons (Fsp3) is 0.348. The molecule has 0 saturated carbocycles. The molecule has 30 heavy (non-hydrogen) atoms. The molecule has 7 heteroatoms. The van der Waals surface area contributed by atoms with E-state index in [1.54, 1.807) is 27.5 Å². The summed E-state index contributed by atoms with van der Waals surface area (Å²) in [6.07, 6.45) is 6.35. The Labute approximate surface area is 176 Å². The number of fused-ring (bicyclic) bond motifs is 1. The lowest BCUT2D eigenvalue weighted by Crippen LogP contribution is -2.02. The molecule has 1 aromatic heterocycles. The summed E-state index contributed by atoms with van der Waals surface area (Å²) in [5.41, 5.74) is 2.64. The number of hydrogen-bond donors (Lipinski definition) is 0. The van der Waals surface area contributed by atoms with Crippen LogP contribution in [0.3, 0.4) is 0 Å². The second-order valence-corrected chi connectivity index (χ2v) is 7.15. The molecule has 7 nitrogen and oxygen atoms in total. The molecule has 156 valence electrons. The lowest BCUT2D eigenvalue weighted by atomic mass is 10.1. The van der Waals surface area contributed by atoms with Crippen molar-refractivity contribution in [2.24, 2.45) is 4.99 Å². The first-order valence-corrected chi connectivity index (χ1v) is 10.1. The van der Waals surface area contributed by atoms with E-state index >= 15 is 0 Å². The van der Waals surface area contributed by atoms with Gasteiger partial charge < -0.3 is 18.8 Å². The van der Waals surface area contributed by atoms with Crippen LogP contribution >= 0.6 is 0 Å². The van der Waals surface area contributed by atoms with Crippen molar-refractivity contribution < 1.29 is 14.2 Å². The van der Waals surface area contributed by atoms with Crippen LogP contribution in [0.1, 0.15) is 30.7 Å². The van der Waals surface area contributed by atoms with Gasteiger partial charge in [-0.2, -0.15) is 0 Å². The Morgan fingerprint density at radius 2 is 1.63 bits per heavy atom. The Kier molecular flexibility index (Phi) is 5.97. The predicted molar refractivity (Wildman–Crippen MR) is 116 cm³/mol. The van der Waals surface area contributed by atoms with Gasteiger partial charge in [0.2, 0.25) is 0 Å². The van der Waals surface area contributed by atoms with Crippen molar-refractivity contribution in [3.63, 3.8) is 0 Å². The monoisotopic (exact) mass is 406 g/mol. The van der Waals surface area contributed by atoms with E-state index in [0.717, 1.165) is 41.4 Å². The van der Waals surface area contributed by atoms with Crippen molar-refractivity contribution in [3.8, 4) is 28.6 Å². The molecule has 0 N–H and O–H groups in total. The van der Waals surface area contributed by atoms with Crippen LogP contribution in [0.2, 0.25) is 0 Å². The van der Waals surface area contributed by atoms with Crippen LogP contribution in [-0.2, 0) is 13.0 Å². The van der Waals surface area contributed by atoms with Gasteiger partial charge in [0.25, 0.3) is 0 Å². The molecule has 1 aliphatic heterocycles. The topological polar surface area (TPSA) is 70.8 Å². The van der Waals surface area contributed by atoms with E-state index in [1.807, 2.05) is 36.4 Å². The fourth-order valence-electron chi connectivity index (χ4n) is 3.69. The first-order chi connectivity index (χ1) is 14.7. The predicted octanol–water partition coefficient (Wildman–Crippen LogP) is 4.45. The van der Waals surface area contributed by atoms with Crippen LogP contribution in [0, 0.1) is 0 Å². The summed E-state index contributed by atoms with van der Waals surface area (Å²) in [6, 6.07) is 11.7. The van der Waals surface area contributed by atoms with E-state index in [9.17, 15) is 0 Å². The zero-order valence-corrected chi connectivity index (χ0v) is 17.6. The lowest BCUT2D eigenvalue weighted by molar-refractivity contribution is 0.374. The van der Waals surface area contributed by atoms with Gasteiger partial charge in [-0.25, -0.2) is 0 Å². The van der Waals surface area contributed by atoms with Gasteiger partial charge in [-0.1, -0.05) is 6.42 Å². The van der Waals surface area contributed by atoms with Crippen molar-refractivity contribution in [2.75, 3.05) is 21.3 Å². The van der Waals surface area contributed by atoms with E-state index in [-0.39, 0.29) is 0 Å². The van der Waals surface area contributed by atoms with Crippen molar-refractivity contribution in [1.82, 2.24) is 14.8 Å². The molecule has 2 aromatic carbocycles. The highest BCUT2D eigenvalue weighted by Crippen LogP contribution is 2.33. The first-order valence-electron chi connectivity index (χ1n) is 10.1. The van der Waals surface area contributed by atoms with Crippen molar-refractivity contribution in [1.29, 1.82) is 0 Å². The molecule has 0 amide bonds. The molecule has 4 rings (SSSR count). The van der Waals surface area contributed by atoms with E-state index < -0.39 is 0 Å². The molecule has 0 saturated heterocycles. The van der Waals surface area contributed by atoms with Crippen molar-refractivity contribution in [3.05, 3.63) is 47.8 Å². The Hall–Kier alpha value is -3.35. The van der Waals surface area contributed by atoms with Crippen LogP contribution < -0.4 is 14.2 Å². The molecule has 0 atom stereocenters. The largest absolute Gasteiger partial charge is 0.496 e. The minimum absolute atomic E-state index is 0.637. The Balaban J connectivity index is 1.59. The normalized spacial score (nSPS) is 13.7. The van der Waals surface area contributed by atoms with E-state index in [1.165, 1.54) is 19.3 Å². The zero-order valence-electron chi connectivity index (χ0n) is 17.6. The number of aliphatic imine (C=N–C) groups is 1. The molecule has 3 aromatic rings. The number of hydrogen-bond acceptors (Lipinski definition) is 6. The average molecular weight is 406 g/mol. The van der Waals surface area contributed by atoms with Crippen molar-refractivity contribution >= 4 is 11.9 Å². The molecule has 0 radical (unpaired) electrons. The molecule has 0 bridgehead atoms. The van der Waals surface area contributed by atoms with Gasteiger partial charge in [0, 0.05) is 36.9 Å². The number of benzene rings is 2. The minimum atomic E-state index is 0.637. The molecule has 2 heterocycles. The summed E-state index contributed by atoms with van der Waals surface area (Å²) in [7, 11) is 4.83. The first kappa shape index (κ1) is 19.9. The van der Waals surface area contributed by atoms with E-state index in [4.69, 9.17) is 14.2 Å². The Morgan fingerprint density at radius 1 is 0.900 bits per heavy atom. The molecule has 1 aliphatic rings. The highest BCUT2D eigenvalue weighted by atomic mass is 16.5. The molecular formula is C23H26N4O3. The number of nitrogens with zero attached hydrogens (tertiary/aromatic N) is 4. The summed E-state index contributed by atoms with van der Waals surface area (Å²) < 4.78 is 18.5. The smallest absolute Gasteiger partial charge is 0.163 e. The summed E-state index contributed by atoms with van der Waals surface area (Å²) in [6.45, 7) is 0.981. The lowest BCUT2D eigenvalue weighted by Gasteiger charge is -2.12. The SMILES string of the molecule is COc1cc(OC)c(C=Nc2ccc(-c3nnc4n3CCCCC4)cc2)c(OC)c1. The molecular weight excluding hydrogens is 380 g/mol. The number of ether oxygens (including phenoxy) is 3. The van der Waals surface area contributed by atoms with Gasteiger partial charge >= 0.3 is 0 Å².